The fourth-order valence-electron chi connectivity index (χ4n) is 2.29. The summed E-state index contributed by atoms with van der Waals surface area (Å²) < 4.78 is 1.47. The van der Waals surface area contributed by atoms with Crippen LogP contribution in [0.3, 0.4) is 0 Å². The quantitative estimate of drug-likeness (QED) is 0.760. The van der Waals surface area contributed by atoms with Crippen LogP contribution in [0.5, 0.6) is 0 Å². The number of aromatic nitrogens is 2. The van der Waals surface area contributed by atoms with E-state index >= 15 is 0 Å². The average molecular weight is 344 g/mol. The molecule has 1 atom stereocenters. The molecule has 25 heavy (non-hydrogen) atoms. The first-order chi connectivity index (χ1) is 12.0. The predicted octanol–water partition coefficient (Wildman–Crippen LogP) is 1.34. The van der Waals surface area contributed by atoms with Crippen LogP contribution in [0, 0.1) is 5.92 Å². The highest BCUT2D eigenvalue weighted by atomic mass is 16.3. The van der Waals surface area contributed by atoms with Gasteiger partial charge in [-0.3, -0.25) is 14.3 Å². The Bertz CT molecular complexity index is 723. The summed E-state index contributed by atoms with van der Waals surface area (Å²) in [5, 5.41) is 14.9. The van der Waals surface area contributed by atoms with E-state index in [1.807, 2.05) is 37.3 Å². The van der Waals surface area contributed by atoms with E-state index in [9.17, 15) is 9.59 Å². The minimum Gasteiger partial charge on any atom is -0.396 e. The van der Waals surface area contributed by atoms with Gasteiger partial charge in [0.15, 0.2) is 5.69 Å². The van der Waals surface area contributed by atoms with Gasteiger partial charge in [-0.25, -0.2) is 0 Å². The molecule has 2 amide bonds. The van der Waals surface area contributed by atoms with Crippen molar-refractivity contribution < 1.29 is 14.7 Å². The SMILES string of the molecule is CNC(=O)c1cc(C(N)=O)n(C(C)c2ccccc2)n1.OCC1CC1. The molecule has 2 aromatic rings. The topological polar surface area (TPSA) is 110 Å². The number of nitrogens with one attached hydrogen (secondary N) is 1. The number of benzene rings is 1. The fraction of sp³-hybridized carbons (Fsp3) is 0.389. The Kier molecular flexibility index (Phi) is 6.30. The van der Waals surface area contributed by atoms with Gasteiger partial charge in [-0.05, 0) is 31.2 Å². The molecule has 1 aromatic carbocycles. The molecular formula is C18H24N4O3. The van der Waals surface area contributed by atoms with E-state index in [1.54, 1.807) is 0 Å². The Hall–Kier alpha value is -2.67. The van der Waals surface area contributed by atoms with Gasteiger partial charge in [0, 0.05) is 19.7 Å². The number of nitrogens with two attached hydrogens (primary N) is 1. The molecule has 0 aliphatic heterocycles. The maximum atomic E-state index is 11.6. The maximum absolute atomic E-state index is 11.6. The number of aliphatic hydroxyl groups is 1. The van der Waals surface area contributed by atoms with Gasteiger partial charge < -0.3 is 16.2 Å². The van der Waals surface area contributed by atoms with Crippen molar-refractivity contribution in [2.45, 2.75) is 25.8 Å². The molecule has 1 aliphatic rings. The second-order valence-corrected chi connectivity index (χ2v) is 6.02. The van der Waals surface area contributed by atoms with E-state index in [0.717, 1.165) is 5.56 Å². The first-order valence-electron chi connectivity index (χ1n) is 8.25. The van der Waals surface area contributed by atoms with Crippen LogP contribution in [-0.4, -0.2) is 40.4 Å². The van der Waals surface area contributed by atoms with Crippen molar-refractivity contribution in [3.8, 4) is 0 Å². The second kappa shape index (κ2) is 8.43. The van der Waals surface area contributed by atoms with E-state index in [1.165, 1.54) is 30.6 Å². The van der Waals surface area contributed by atoms with Crippen LogP contribution >= 0.6 is 0 Å². The number of rotatable bonds is 5. The Labute approximate surface area is 146 Å². The van der Waals surface area contributed by atoms with Crippen LogP contribution in [0.2, 0.25) is 0 Å². The zero-order valence-corrected chi connectivity index (χ0v) is 14.5. The molecule has 7 nitrogen and oxygen atoms in total. The minimum absolute atomic E-state index is 0.170. The number of aliphatic hydroxyl groups excluding tert-OH is 1. The van der Waals surface area contributed by atoms with Crippen molar-refractivity contribution >= 4 is 11.8 Å². The number of hydrogen-bond acceptors (Lipinski definition) is 4. The van der Waals surface area contributed by atoms with Gasteiger partial charge >= 0.3 is 0 Å². The molecule has 0 bridgehead atoms. The van der Waals surface area contributed by atoms with Crippen molar-refractivity contribution in [2.75, 3.05) is 13.7 Å². The van der Waals surface area contributed by atoms with Crippen LogP contribution in [-0.2, 0) is 0 Å². The lowest BCUT2D eigenvalue weighted by Crippen LogP contribution is -2.21. The van der Waals surface area contributed by atoms with Gasteiger partial charge in [0.05, 0.1) is 6.04 Å². The van der Waals surface area contributed by atoms with Gasteiger partial charge in [0.25, 0.3) is 11.8 Å². The summed E-state index contributed by atoms with van der Waals surface area (Å²) in [6.07, 6.45) is 2.52. The molecule has 0 saturated heterocycles. The third-order valence-corrected chi connectivity index (χ3v) is 4.05. The van der Waals surface area contributed by atoms with Crippen LogP contribution in [0.4, 0.5) is 0 Å². The van der Waals surface area contributed by atoms with Crippen LogP contribution in [0.15, 0.2) is 36.4 Å². The minimum atomic E-state index is -0.615. The smallest absolute Gasteiger partial charge is 0.271 e. The molecule has 1 saturated carbocycles. The molecule has 0 spiro atoms. The molecule has 0 radical (unpaired) electrons. The summed E-state index contributed by atoms with van der Waals surface area (Å²) in [7, 11) is 1.51. The molecule has 4 N–H and O–H groups in total. The molecule has 1 aromatic heterocycles. The zero-order valence-electron chi connectivity index (χ0n) is 14.5. The summed E-state index contributed by atoms with van der Waals surface area (Å²) in [5.74, 6) is -0.281. The highest BCUT2D eigenvalue weighted by Crippen LogP contribution is 2.27. The van der Waals surface area contributed by atoms with Crippen LogP contribution in [0.1, 0.15) is 52.3 Å². The standard InChI is InChI=1S/C14H16N4O2.C4H8O/c1-9(10-6-4-3-5-7-10)18-12(13(15)19)8-11(17-18)14(20)16-2;5-3-4-1-2-4/h3-9H,1-2H3,(H2,15,19)(H,16,20);4-5H,1-3H2. The fourth-order valence-corrected chi connectivity index (χ4v) is 2.29. The highest BCUT2D eigenvalue weighted by molar-refractivity contribution is 5.97. The van der Waals surface area contributed by atoms with E-state index in [4.69, 9.17) is 10.8 Å². The summed E-state index contributed by atoms with van der Waals surface area (Å²) in [6.45, 7) is 2.31. The van der Waals surface area contributed by atoms with Gasteiger partial charge in [-0.15, -0.1) is 0 Å². The monoisotopic (exact) mass is 344 g/mol. The van der Waals surface area contributed by atoms with Gasteiger partial charge in [0.1, 0.15) is 5.69 Å². The first-order valence-corrected chi connectivity index (χ1v) is 8.25. The third kappa shape index (κ3) is 4.90. The number of nitrogens with zero attached hydrogens (tertiary/aromatic N) is 2. The normalized spacial score (nSPS) is 14.2. The summed E-state index contributed by atoms with van der Waals surface area (Å²) in [6, 6.07) is 10.8. The Balaban J connectivity index is 0.000000386. The Morgan fingerprint density at radius 3 is 2.44 bits per heavy atom. The van der Waals surface area contributed by atoms with E-state index in [0.29, 0.717) is 12.5 Å². The van der Waals surface area contributed by atoms with Crippen molar-refractivity contribution in [3.63, 3.8) is 0 Å². The van der Waals surface area contributed by atoms with Crippen molar-refractivity contribution in [2.24, 2.45) is 11.7 Å². The molecule has 7 heteroatoms. The van der Waals surface area contributed by atoms with E-state index in [-0.39, 0.29) is 23.3 Å². The lowest BCUT2D eigenvalue weighted by Gasteiger charge is -2.14. The van der Waals surface area contributed by atoms with Gasteiger partial charge in [-0.2, -0.15) is 5.10 Å². The summed E-state index contributed by atoms with van der Waals surface area (Å²) >= 11 is 0. The number of amides is 2. The van der Waals surface area contributed by atoms with Crippen molar-refractivity contribution in [1.29, 1.82) is 0 Å². The third-order valence-electron chi connectivity index (χ3n) is 4.05. The lowest BCUT2D eigenvalue weighted by atomic mass is 10.1. The summed E-state index contributed by atoms with van der Waals surface area (Å²) in [5.41, 5.74) is 6.71. The number of hydrogen-bond donors (Lipinski definition) is 3. The van der Waals surface area contributed by atoms with Crippen molar-refractivity contribution in [1.82, 2.24) is 15.1 Å². The Morgan fingerprint density at radius 2 is 2.00 bits per heavy atom. The molecule has 134 valence electrons. The van der Waals surface area contributed by atoms with Gasteiger partial charge in [-0.1, -0.05) is 30.3 Å². The lowest BCUT2D eigenvalue weighted by molar-refractivity contribution is 0.0955. The number of primary amides is 1. The van der Waals surface area contributed by atoms with E-state index < -0.39 is 5.91 Å². The van der Waals surface area contributed by atoms with E-state index in [2.05, 4.69) is 10.4 Å². The van der Waals surface area contributed by atoms with Crippen LogP contribution < -0.4 is 11.1 Å². The van der Waals surface area contributed by atoms with Crippen molar-refractivity contribution in [3.05, 3.63) is 53.3 Å². The summed E-state index contributed by atoms with van der Waals surface area (Å²) in [4.78, 5) is 23.1. The Morgan fingerprint density at radius 1 is 1.36 bits per heavy atom. The molecule has 1 heterocycles. The average Bonchev–Trinajstić information content (AvgIpc) is 3.38. The predicted molar refractivity (Wildman–Crippen MR) is 94.2 cm³/mol. The zero-order chi connectivity index (χ0) is 18.4. The molecular weight excluding hydrogens is 320 g/mol. The molecule has 1 fully saturated rings. The number of carbonyl (C=O) groups excluding carboxylic acids is 2. The van der Waals surface area contributed by atoms with Crippen LogP contribution in [0.25, 0.3) is 0 Å². The molecule has 1 unspecified atom stereocenters. The molecule has 1 aliphatic carbocycles. The highest BCUT2D eigenvalue weighted by Gasteiger charge is 2.21. The van der Waals surface area contributed by atoms with Gasteiger partial charge in [0.2, 0.25) is 0 Å². The molecule has 3 rings (SSSR count). The maximum Gasteiger partial charge on any atom is 0.271 e. The second-order valence-electron chi connectivity index (χ2n) is 6.02. The number of carbonyl (C=O) groups is 2. The first kappa shape index (κ1) is 18.7. The largest absolute Gasteiger partial charge is 0.396 e.